The molecule has 1 atom stereocenters. The summed E-state index contributed by atoms with van der Waals surface area (Å²) in [5.74, 6) is 0.0980. The maximum Gasteiger partial charge on any atom is 0.255 e. The zero-order valence-corrected chi connectivity index (χ0v) is 25.3. The average molecular weight is 592 g/mol. The van der Waals surface area contributed by atoms with Crippen molar-refractivity contribution in [3.05, 3.63) is 155 Å². The van der Waals surface area contributed by atoms with Gasteiger partial charge in [0.15, 0.2) is 0 Å². The molecule has 1 unspecified atom stereocenters. The van der Waals surface area contributed by atoms with Gasteiger partial charge in [-0.25, -0.2) is 0 Å². The number of hydrogen-bond acceptors (Lipinski definition) is 3. The van der Waals surface area contributed by atoms with Gasteiger partial charge in [-0.1, -0.05) is 97.1 Å². The lowest BCUT2D eigenvalue weighted by atomic mass is 9.79. The van der Waals surface area contributed by atoms with E-state index in [9.17, 15) is 9.59 Å². The standard InChI is InChI=1S/C40H37N3O2/c44-39(36-17-9-16-35-34-15-8-7-14-31(34)26-37(35)36)42-32-18-20-33(21-19-32)43-24-22-30(23-25-43)38(29-12-5-2-6-13-29)40(45)41-27-28-10-3-1-4-11-28/h1-21,30,38H,22-27H2,(H,41,45)(H,42,44). The second-order valence-electron chi connectivity index (χ2n) is 12.1. The topological polar surface area (TPSA) is 61.4 Å². The number of rotatable bonds is 8. The summed E-state index contributed by atoms with van der Waals surface area (Å²) in [5.41, 5.74) is 9.56. The van der Waals surface area contributed by atoms with Crippen LogP contribution in [0.15, 0.2) is 127 Å². The molecule has 1 fully saturated rings. The first-order chi connectivity index (χ1) is 22.1. The highest BCUT2D eigenvalue weighted by Crippen LogP contribution is 2.38. The van der Waals surface area contributed by atoms with E-state index in [0.29, 0.717) is 6.54 Å². The molecule has 1 aliphatic carbocycles. The molecule has 5 aromatic rings. The molecular formula is C40H37N3O2. The van der Waals surface area contributed by atoms with Gasteiger partial charge in [0, 0.05) is 36.6 Å². The van der Waals surface area contributed by atoms with Gasteiger partial charge in [-0.3, -0.25) is 9.59 Å². The van der Waals surface area contributed by atoms with Crippen LogP contribution >= 0.6 is 0 Å². The van der Waals surface area contributed by atoms with Crippen molar-refractivity contribution < 1.29 is 9.59 Å². The van der Waals surface area contributed by atoms with Crippen LogP contribution in [0.4, 0.5) is 11.4 Å². The second-order valence-corrected chi connectivity index (χ2v) is 12.1. The van der Waals surface area contributed by atoms with Crippen molar-refractivity contribution in [2.45, 2.75) is 31.7 Å². The van der Waals surface area contributed by atoms with Crippen molar-refractivity contribution in [2.24, 2.45) is 5.92 Å². The second kappa shape index (κ2) is 12.8. The van der Waals surface area contributed by atoms with Crippen LogP contribution in [0.1, 0.15) is 51.4 Å². The summed E-state index contributed by atoms with van der Waals surface area (Å²) in [7, 11) is 0. The number of anilines is 2. The van der Waals surface area contributed by atoms with Gasteiger partial charge in [0.25, 0.3) is 5.91 Å². The van der Waals surface area contributed by atoms with Gasteiger partial charge in [0.2, 0.25) is 5.91 Å². The fourth-order valence-corrected chi connectivity index (χ4v) is 7.01. The number of carbonyl (C=O) groups is 2. The molecule has 1 aliphatic heterocycles. The predicted octanol–water partition coefficient (Wildman–Crippen LogP) is 7.83. The minimum Gasteiger partial charge on any atom is -0.372 e. The van der Waals surface area contributed by atoms with Crippen LogP contribution in [0.2, 0.25) is 0 Å². The summed E-state index contributed by atoms with van der Waals surface area (Å²) in [6, 6.07) is 42.8. The summed E-state index contributed by atoms with van der Waals surface area (Å²) in [6.45, 7) is 2.29. The van der Waals surface area contributed by atoms with E-state index in [-0.39, 0.29) is 23.7 Å². The van der Waals surface area contributed by atoms with Crippen LogP contribution in [0, 0.1) is 5.92 Å². The molecule has 1 saturated heterocycles. The van der Waals surface area contributed by atoms with Crippen molar-refractivity contribution in [3.8, 4) is 11.1 Å². The van der Waals surface area contributed by atoms with E-state index in [4.69, 9.17) is 0 Å². The Morgan fingerprint density at radius 1 is 0.711 bits per heavy atom. The zero-order chi connectivity index (χ0) is 30.6. The maximum atomic E-state index is 13.6. The van der Waals surface area contributed by atoms with Crippen molar-refractivity contribution in [1.29, 1.82) is 0 Å². The van der Waals surface area contributed by atoms with Gasteiger partial charge in [0.05, 0.1) is 5.92 Å². The third kappa shape index (κ3) is 6.12. The minimum atomic E-state index is -0.179. The van der Waals surface area contributed by atoms with Crippen molar-refractivity contribution in [1.82, 2.24) is 5.32 Å². The number of carbonyl (C=O) groups excluding carboxylic acids is 2. The van der Waals surface area contributed by atoms with Crippen LogP contribution in [0.5, 0.6) is 0 Å². The first kappa shape index (κ1) is 28.6. The summed E-state index contributed by atoms with van der Waals surface area (Å²) < 4.78 is 0. The van der Waals surface area contributed by atoms with E-state index in [1.807, 2.05) is 72.8 Å². The molecule has 45 heavy (non-hydrogen) atoms. The third-order valence-corrected chi connectivity index (χ3v) is 9.35. The largest absolute Gasteiger partial charge is 0.372 e. The Labute approximate surface area is 264 Å². The van der Waals surface area contributed by atoms with Crippen molar-refractivity contribution in [2.75, 3.05) is 23.3 Å². The fourth-order valence-electron chi connectivity index (χ4n) is 7.01. The zero-order valence-electron chi connectivity index (χ0n) is 25.3. The number of nitrogens with zero attached hydrogens (tertiary/aromatic N) is 1. The summed E-state index contributed by atoms with van der Waals surface area (Å²) >= 11 is 0. The smallest absolute Gasteiger partial charge is 0.255 e. The van der Waals surface area contributed by atoms with E-state index in [1.165, 1.54) is 11.1 Å². The van der Waals surface area contributed by atoms with E-state index >= 15 is 0 Å². The average Bonchev–Trinajstić information content (AvgIpc) is 3.48. The Hall–Kier alpha value is -5.16. The van der Waals surface area contributed by atoms with E-state index in [2.05, 4.69) is 70.1 Å². The number of nitrogens with one attached hydrogen (secondary N) is 2. The molecule has 1 heterocycles. The minimum absolute atomic E-state index is 0.0780. The highest BCUT2D eigenvalue weighted by molar-refractivity contribution is 6.07. The van der Waals surface area contributed by atoms with Crippen molar-refractivity contribution in [3.63, 3.8) is 0 Å². The summed E-state index contributed by atoms with van der Waals surface area (Å²) in [6.07, 6.45) is 2.64. The molecule has 0 aromatic heterocycles. The number of benzene rings is 5. The molecule has 0 spiro atoms. The Balaban J connectivity index is 0.986. The Kier molecular flexibility index (Phi) is 8.15. The van der Waals surface area contributed by atoms with Gasteiger partial charge in [0.1, 0.15) is 0 Å². The first-order valence-electron chi connectivity index (χ1n) is 15.9. The molecule has 0 bridgehead atoms. The van der Waals surface area contributed by atoms with Crippen LogP contribution in [0.3, 0.4) is 0 Å². The van der Waals surface area contributed by atoms with E-state index in [1.54, 1.807) is 0 Å². The highest BCUT2D eigenvalue weighted by Gasteiger charge is 2.33. The molecule has 2 aliphatic rings. The van der Waals surface area contributed by atoms with Crippen LogP contribution < -0.4 is 15.5 Å². The number of fused-ring (bicyclic) bond motifs is 3. The summed E-state index contributed by atoms with van der Waals surface area (Å²) in [4.78, 5) is 29.3. The van der Waals surface area contributed by atoms with Gasteiger partial charge in [-0.05, 0) is 88.9 Å². The van der Waals surface area contributed by atoms with Gasteiger partial charge >= 0.3 is 0 Å². The van der Waals surface area contributed by atoms with Crippen molar-refractivity contribution >= 4 is 23.2 Å². The normalized spacial score (nSPS) is 14.7. The number of amides is 2. The van der Waals surface area contributed by atoms with Crippen LogP contribution in [-0.4, -0.2) is 24.9 Å². The SMILES string of the molecule is O=C(Nc1ccc(N2CCC(C(C(=O)NCc3ccccc3)c3ccccc3)CC2)cc1)c1cccc2c1Cc1ccccc1-2. The molecule has 7 rings (SSSR count). The highest BCUT2D eigenvalue weighted by atomic mass is 16.2. The van der Waals surface area contributed by atoms with Gasteiger partial charge in [-0.2, -0.15) is 0 Å². The molecule has 5 nitrogen and oxygen atoms in total. The quantitative estimate of drug-likeness (QED) is 0.190. The first-order valence-corrected chi connectivity index (χ1v) is 15.9. The molecule has 0 radical (unpaired) electrons. The fraction of sp³-hybridized carbons (Fsp3) is 0.200. The number of hydrogen-bond donors (Lipinski definition) is 2. The molecule has 224 valence electrons. The lowest BCUT2D eigenvalue weighted by Crippen LogP contribution is -2.40. The molecule has 2 N–H and O–H groups in total. The predicted molar refractivity (Wildman–Crippen MR) is 181 cm³/mol. The van der Waals surface area contributed by atoms with Crippen LogP contribution in [0.25, 0.3) is 11.1 Å². The maximum absolute atomic E-state index is 13.6. The van der Waals surface area contributed by atoms with Crippen LogP contribution in [-0.2, 0) is 17.8 Å². The monoisotopic (exact) mass is 591 g/mol. The summed E-state index contributed by atoms with van der Waals surface area (Å²) in [5, 5.41) is 6.32. The Morgan fingerprint density at radius 3 is 2.13 bits per heavy atom. The lowest BCUT2D eigenvalue weighted by Gasteiger charge is -2.37. The Morgan fingerprint density at radius 2 is 1.38 bits per heavy atom. The molecule has 0 saturated carbocycles. The Bertz CT molecular complexity index is 1790. The number of piperidine rings is 1. The molecule has 2 amide bonds. The lowest BCUT2D eigenvalue weighted by molar-refractivity contribution is -0.124. The molecule has 5 aromatic carbocycles. The molecular weight excluding hydrogens is 554 g/mol. The molecule has 5 heteroatoms. The van der Waals surface area contributed by atoms with Gasteiger partial charge in [-0.15, -0.1) is 0 Å². The third-order valence-electron chi connectivity index (χ3n) is 9.35. The van der Waals surface area contributed by atoms with E-state index in [0.717, 1.165) is 71.5 Å². The van der Waals surface area contributed by atoms with Gasteiger partial charge < -0.3 is 15.5 Å². The van der Waals surface area contributed by atoms with E-state index < -0.39 is 0 Å².